The number of carbonyl (C=O) groups excluding carboxylic acids is 1. The molecule has 5 heteroatoms. The largest absolute Gasteiger partial charge is 0.468 e. The molecule has 1 saturated heterocycles. The minimum Gasteiger partial charge on any atom is -0.468 e. The van der Waals surface area contributed by atoms with E-state index in [-0.39, 0.29) is 18.0 Å². The highest BCUT2D eigenvalue weighted by molar-refractivity contribution is 5.81. The summed E-state index contributed by atoms with van der Waals surface area (Å²) in [4.78, 5) is 14.1. The van der Waals surface area contributed by atoms with Crippen LogP contribution in [-0.4, -0.2) is 55.9 Å². The molecular formula is C13H24N2O3. The van der Waals surface area contributed by atoms with Gasteiger partial charge in [-0.25, -0.2) is 0 Å². The van der Waals surface area contributed by atoms with Crippen molar-refractivity contribution in [3.8, 4) is 0 Å². The first-order valence-corrected chi connectivity index (χ1v) is 6.68. The summed E-state index contributed by atoms with van der Waals surface area (Å²) in [6.45, 7) is 3.40. The number of hydrogen-bond acceptors (Lipinski definition) is 5. The fourth-order valence-corrected chi connectivity index (χ4v) is 2.98. The minimum absolute atomic E-state index is 0.205. The summed E-state index contributed by atoms with van der Waals surface area (Å²) >= 11 is 0. The van der Waals surface area contributed by atoms with Crippen LogP contribution >= 0.6 is 0 Å². The number of ether oxygens (including phenoxy) is 2. The highest BCUT2D eigenvalue weighted by Gasteiger charge is 2.50. The van der Waals surface area contributed by atoms with Crippen LogP contribution in [-0.2, 0) is 14.3 Å². The Bertz CT molecular complexity index is 319. The van der Waals surface area contributed by atoms with E-state index < -0.39 is 5.54 Å². The number of carbonyl (C=O) groups is 1. The predicted octanol–water partition coefficient (Wildman–Crippen LogP) is 0.376. The summed E-state index contributed by atoms with van der Waals surface area (Å²) in [6, 6.07) is 0.344. The number of methoxy groups -OCH3 is 1. The quantitative estimate of drug-likeness (QED) is 0.720. The van der Waals surface area contributed by atoms with Gasteiger partial charge in [0.05, 0.1) is 13.2 Å². The van der Waals surface area contributed by atoms with Gasteiger partial charge >= 0.3 is 5.97 Å². The maximum Gasteiger partial charge on any atom is 0.327 e. The van der Waals surface area contributed by atoms with Gasteiger partial charge in [-0.1, -0.05) is 0 Å². The fourth-order valence-electron chi connectivity index (χ4n) is 2.98. The van der Waals surface area contributed by atoms with Crippen LogP contribution in [0.2, 0.25) is 0 Å². The zero-order chi connectivity index (χ0) is 13.3. The lowest BCUT2D eigenvalue weighted by molar-refractivity contribution is -0.149. The molecule has 1 saturated carbocycles. The third-order valence-corrected chi connectivity index (χ3v) is 4.28. The molecule has 1 heterocycles. The SMILES string of the molecule is COC(=O)C(N)(CN(C)C1CCOC1C)C1CC1. The first kappa shape index (κ1) is 13.8. The van der Waals surface area contributed by atoms with Gasteiger partial charge < -0.3 is 15.2 Å². The summed E-state index contributed by atoms with van der Waals surface area (Å²) < 4.78 is 10.5. The molecule has 0 aromatic rings. The third-order valence-electron chi connectivity index (χ3n) is 4.28. The van der Waals surface area contributed by atoms with Gasteiger partial charge in [-0.3, -0.25) is 9.69 Å². The Balaban J connectivity index is 2.02. The van der Waals surface area contributed by atoms with Gasteiger partial charge in [0.25, 0.3) is 0 Å². The molecule has 2 fully saturated rings. The molecule has 18 heavy (non-hydrogen) atoms. The van der Waals surface area contributed by atoms with E-state index in [1.54, 1.807) is 0 Å². The Hall–Kier alpha value is -0.650. The Morgan fingerprint density at radius 2 is 2.17 bits per heavy atom. The van der Waals surface area contributed by atoms with Gasteiger partial charge in [0.1, 0.15) is 5.54 Å². The molecule has 2 rings (SSSR count). The maximum atomic E-state index is 11.9. The number of nitrogens with two attached hydrogens (primary N) is 1. The molecule has 3 unspecified atom stereocenters. The van der Waals surface area contributed by atoms with E-state index in [0.717, 1.165) is 25.9 Å². The fraction of sp³-hybridized carbons (Fsp3) is 0.923. The predicted molar refractivity (Wildman–Crippen MR) is 68.1 cm³/mol. The Kier molecular flexibility index (Phi) is 3.94. The number of likely N-dealkylation sites (N-methyl/N-ethyl adjacent to an activating group) is 1. The van der Waals surface area contributed by atoms with Crippen molar-refractivity contribution in [3.05, 3.63) is 0 Å². The van der Waals surface area contributed by atoms with Crippen molar-refractivity contribution in [3.63, 3.8) is 0 Å². The summed E-state index contributed by atoms with van der Waals surface area (Å²) in [6.07, 6.45) is 3.25. The molecule has 3 atom stereocenters. The average Bonchev–Trinajstić information content (AvgIpc) is 3.11. The van der Waals surface area contributed by atoms with Crippen LogP contribution in [0.4, 0.5) is 0 Å². The average molecular weight is 256 g/mol. The molecule has 0 bridgehead atoms. The van der Waals surface area contributed by atoms with Crippen LogP contribution in [0.1, 0.15) is 26.2 Å². The van der Waals surface area contributed by atoms with Crippen LogP contribution in [0.5, 0.6) is 0 Å². The molecule has 0 aromatic carbocycles. The number of rotatable bonds is 5. The molecule has 0 aromatic heterocycles. The third kappa shape index (κ3) is 2.53. The summed E-state index contributed by atoms with van der Waals surface area (Å²) in [5.41, 5.74) is 5.46. The van der Waals surface area contributed by atoms with E-state index in [9.17, 15) is 4.79 Å². The van der Waals surface area contributed by atoms with E-state index in [4.69, 9.17) is 15.2 Å². The van der Waals surface area contributed by atoms with Crippen molar-refractivity contribution in [2.24, 2.45) is 11.7 Å². The van der Waals surface area contributed by atoms with Gasteiger partial charge in [-0.15, -0.1) is 0 Å². The molecule has 1 aliphatic heterocycles. The summed E-state index contributed by atoms with van der Waals surface area (Å²) in [7, 11) is 3.43. The molecule has 0 spiro atoms. The lowest BCUT2D eigenvalue weighted by atomic mass is 9.93. The zero-order valence-corrected chi connectivity index (χ0v) is 11.5. The molecule has 2 N–H and O–H groups in total. The van der Waals surface area contributed by atoms with Crippen molar-refractivity contribution in [2.45, 2.75) is 43.9 Å². The number of hydrogen-bond donors (Lipinski definition) is 1. The summed E-state index contributed by atoms with van der Waals surface area (Å²) in [5, 5.41) is 0. The Morgan fingerprint density at radius 3 is 2.61 bits per heavy atom. The second-order valence-corrected chi connectivity index (χ2v) is 5.65. The van der Waals surface area contributed by atoms with E-state index in [2.05, 4.69) is 11.8 Å². The standard InChI is InChI=1S/C13H24N2O3/c1-9-11(6-7-18-9)15(2)8-13(14,10-4-5-10)12(16)17-3/h9-11H,4-8,14H2,1-3H3. The van der Waals surface area contributed by atoms with Gasteiger partial charge in [0, 0.05) is 19.2 Å². The van der Waals surface area contributed by atoms with Crippen LogP contribution in [0.25, 0.3) is 0 Å². The van der Waals surface area contributed by atoms with Crippen molar-refractivity contribution < 1.29 is 14.3 Å². The first-order chi connectivity index (χ1) is 8.49. The molecule has 5 nitrogen and oxygen atoms in total. The highest BCUT2D eigenvalue weighted by Crippen LogP contribution is 2.39. The van der Waals surface area contributed by atoms with Gasteiger partial charge in [0.15, 0.2) is 0 Å². The van der Waals surface area contributed by atoms with Crippen molar-refractivity contribution in [2.75, 3.05) is 27.3 Å². The molecular weight excluding hydrogens is 232 g/mol. The number of esters is 1. The first-order valence-electron chi connectivity index (χ1n) is 6.68. The van der Waals surface area contributed by atoms with Crippen LogP contribution in [0, 0.1) is 5.92 Å². The van der Waals surface area contributed by atoms with Crippen LogP contribution < -0.4 is 5.73 Å². The molecule has 1 aliphatic carbocycles. The van der Waals surface area contributed by atoms with Crippen LogP contribution in [0.3, 0.4) is 0 Å². The van der Waals surface area contributed by atoms with E-state index in [1.165, 1.54) is 7.11 Å². The van der Waals surface area contributed by atoms with Gasteiger partial charge in [-0.05, 0) is 39.2 Å². The van der Waals surface area contributed by atoms with Gasteiger partial charge in [0.2, 0.25) is 0 Å². The molecule has 2 aliphatic rings. The van der Waals surface area contributed by atoms with E-state index in [1.807, 2.05) is 7.05 Å². The Labute approximate surface area is 109 Å². The van der Waals surface area contributed by atoms with Crippen molar-refractivity contribution in [1.29, 1.82) is 0 Å². The van der Waals surface area contributed by atoms with E-state index >= 15 is 0 Å². The molecule has 0 radical (unpaired) electrons. The smallest absolute Gasteiger partial charge is 0.327 e. The normalized spacial score (nSPS) is 31.4. The number of nitrogens with zero attached hydrogens (tertiary/aromatic N) is 1. The van der Waals surface area contributed by atoms with Crippen molar-refractivity contribution >= 4 is 5.97 Å². The molecule has 0 amide bonds. The zero-order valence-electron chi connectivity index (χ0n) is 11.5. The maximum absolute atomic E-state index is 11.9. The lowest BCUT2D eigenvalue weighted by Gasteiger charge is -2.35. The van der Waals surface area contributed by atoms with Crippen molar-refractivity contribution in [1.82, 2.24) is 4.90 Å². The van der Waals surface area contributed by atoms with Gasteiger partial charge in [-0.2, -0.15) is 0 Å². The van der Waals surface area contributed by atoms with E-state index in [0.29, 0.717) is 12.6 Å². The summed E-state index contributed by atoms with van der Waals surface area (Å²) in [5.74, 6) is -0.0200. The lowest BCUT2D eigenvalue weighted by Crippen LogP contribution is -2.59. The second-order valence-electron chi connectivity index (χ2n) is 5.65. The molecule has 104 valence electrons. The Morgan fingerprint density at radius 1 is 1.50 bits per heavy atom. The highest BCUT2D eigenvalue weighted by atomic mass is 16.5. The topological polar surface area (TPSA) is 64.8 Å². The van der Waals surface area contributed by atoms with Crippen LogP contribution in [0.15, 0.2) is 0 Å². The minimum atomic E-state index is -0.855. The second kappa shape index (κ2) is 5.15. The monoisotopic (exact) mass is 256 g/mol.